The van der Waals surface area contributed by atoms with Gasteiger partial charge in [-0.25, -0.2) is 0 Å². The van der Waals surface area contributed by atoms with Crippen molar-refractivity contribution in [2.75, 3.05) is 47.8 Å². The number of rotatable bonds is 10. The summed E-state index contributed by atoms with van der Waals surface area (Å²) in [6, 6.07) is 0. The molecule has 1 unspecified atom stereocenters. The third-order valence-corrected chi connectivity index (χ3v) is 4.29. The normalized spacial score (nSPS) is 14.6. The van der Waals surface area contributed by atoms with Crippen LogP contribution in [-0.2, 0) is 38.0 Å². The van der Waals surface area contributed by atoms with Crippen molar-refractivity contribution in [2.24, 2.45) is 10.8 Å². The van der Waals surface area contributed by atoms with E-state index in [-0.39, 0.29) is 55.2 Å². The van der Waals surface area contributed by atoms with Crippen LogP contribution in [0, 0.1) is 10.8 Å². The summed E-state index contributed by atoms with van der Waals surface area (Å²) in [6.45, 7) is 22.3. The lowest BCUT2D eigenvalue weighted by Crippen LogP contribution is -2.42. The van der Waals surface area contributed by atoms with E-state index in [4.69, 9.17) is 28.4 Å². The molecule has 0 aromatic carbocycles. The van der Waals surface area contributed by atoms with Gasteiger partial charge in [0.1, 0.15) is 10.8 Å². The van der Waals surface area contributed by atoms with Gasteiger partial charge in [0, 0.05) is 7.11 Å². The average molecular weight is 479 g/mol. The molecule has 0 spiro atoms. The van der Waals surface area contributed by atoms with Crippen molar-refractivity contribution < 1.29 is 38.0 Å². The van der Waals surface area contributed by atoms with E-state index >= 15 is 0 Å². The molecule has 1 atom stereocenters. The zero-order valence-corrected chi connectivity index (χ0v) is 23.6. The first-order valence-electron chi connectivity index (χ1n) is 11.2. The fourth-order valence-electron chi connectivity index (χ4n) is 2.26. The standard InChI is InChI=1S/C14H28O4.C11H22O4/c1-12(2,3)17-9-14(7,11(15)16-8)10-18-13(4,5)6;1-10(2,3)15-8-11(4,7-13-5)9(12)14-6/h9-10H2,1-8H3;7-8H2,1-6H3. The van der Waals surface area contributed by atoms with E-state index in [1.807, 2.05) is 62.3 Å². The molecule has 0 aliphatic carbocycles. The van der Waals surface area contributed by atoms with Crippen LogP contribution in [0.4, 0.5) is 0 Å². The zero-order chi connectivity index (χ0) is 26.7. The molecule has 0 saturated heterocycles. The lowest BCUT2D eigenvalue weighted by Gasteiger charge is -2.32. The summed E-state index contributed by atoms with van der Waals surface area (Å²) in [5, 5.41) is 0. The Morgan fingerprint density at radius 3 is 0.909 bits per heavy atom. The van der Waals surface area contributed by atoms with Crippen molar-refractivity contribution in [2.45, 2.75) is 93.0 Å². The molecule has 8 nitrogen and oxygen atoms in total. The number of carbonyl (C=O) groups excluding carboxylic acids is 2. The topological polar surface area (TPSA) is 89.5 Å². The second-order valence-corrected chi connectivity index (χ2v) is 11.7. The van der Waals surface area contributed by atoms with Crippen molar-refractivity contribution in [1.29, 1.82) is 0 Å². The summed E-state index contributed by atoms with van der Waals surface area (Å²) in [6.07, 6.45) is 0. The van der Waals surface area contributed by atoms with E-state index in [9.17, 15) is 9.59 Å². The first-order valence-corrected chi connectivity index (χ1v) is 11.2. The fraction of sp³-hybridized carbons (Fsp3) is 0.920. The van der Waals surface area contributed by atoms with Gasteiger partial charge in [-0.1, -0.05) is 0 Å². The first-order chi connectivity index (χ1) is 14.6. The molecule has 0 bridgehead atoms. The number of esters is 2. The Kier molecular flexibility index (Phi) is 14.0. The first kappa shape index (κ1) is 34.0. The third-order valence-electron chi connectivity index (χ3n) is 4.29. The summed E-state index contributed by atoms with van der Waals surface area (Å²) in [5.74, 6) is -0.621. The lowest BCUT2D eigenvalue weighted by molar-refractivity contribution is -0.169. The van der Waals surface area contributed by atoms with Gasteiger partial charge < -0.3 is 28.4 Å². The highest BCUT2D eigenvalue weighted by molar-refractivity contribution is 5.77. The summed E-state index contributed by atoms with van der Waals surface area (Å²) in [5.41, 5.74) is -2.39. The zero-order valence-electron chi connectivity index (χ0n) is 23.6. The van der Waals surface area contributed by atoms with Crippen LogP contribution < -0.4 is 0 Å². The van der Waals surface area contributed by atoms with Crippen molar-refractivity contribution >= 4 is 11.9 Å². The molecule has 0 rings (SSSR count). The molecular formula is C25H50O8. The van der Waals surface area contributed by atoms with Crippen molar-refractivity contribution in [3.8, 4) is 0 Å². The quantitative estimate of drug-likeness (QED) is 0.426. The predicted octanol–water partition coefficient (Wildman–Crippen LogP) is 4.42. The Hall–Kier alpha value is -1.22. The summed E-state index contributed by atoms with van der Waals surface area (Å²) < 4.78 is 31.6. The van der Waals surface area contributed by atoms with Crippen LogP contribution in [0.2, 0.25) is 0 Å². The molecule has 8 heteroatoms. The third kappa shape index (κ3) is 16.1. The minimum Gasteiger partial charge on any atom is -0.468 e. The Morgan fingerprint density at radius 1 is 0.485 bits per heavy atom. The number of carbonyl (C=O) groups is 2. The molecular weight excluding hydrogens is 428 g/mol. The van der Waals surface area contributed by atoms with Crippen molar-refractivity contribution in [1.82, 2.24) is 0 Å². The molecule has 0 N–H and O–H groups in total. The fourth-order valence-corrected chi connectivity index (χ4v) is 2.26. The van der Waals surface area contributed by atoms with Crippen molar-refractivity contribution in [3.63, 3.8) is 0 Å². The SMILES string of the molecule is COC(=O)C(C)(COC(C)(C)C)COC(C)(C)C.COCC(C)(COC(C)(C)C)C(=O)OC. The van der Waals surface area contributed by atoms with Crippen LogP contribution in [-0.4, -0.2) is 76.5 Å². The smallest absolute Gasteiger partial charge is 0.316 e. The van der Waals surface area contributed by atoms with Gasteiger partial charge in [0.25, 0.3) is 0 Å². The van der Waals surface area contributed by atoms with Crippen LogP contribution in [0.25, 0.3) is 0 Å². The van der Waals surface area contributed by atoms with Crippen LogP contribution in [0.15, 0.2) is 0 Å². The van der Waals surface area contributed by atoms with Crippen LogP contribution in [0.5, 0.6) is 0 Å². The van der Waals surface area contributed by atoms with Gasteiger partial charge in [-0.15, -0.1) is 0 Å². The Balaban J connectivity index is 0. The highest BCUT2D eigenvalue weighted by Crippen LogP contribution is 2.25. The van der Waals surface area contributed by atoms with Gasteiger partial charge in [0.05, 0.1) is 57.5 Å². The Bertz CT molecular complexity index is 563. The molecule has 0 aliphatic heterocycles. The van der Waals surface area contributed by atoms with E-state index in [2.05, 4.69) is 0 Å². The maximum atomic E-state index is 11.9. The molecule has 0 heterocycles. The summed E-state index contributed by atoms with van der Waals surface area (Å²) >= 11 is 0. The van der Waals surface area contributed by atoms with E-state index < -0.39 is 10.8 Å². The molecule has 0 aromatic heterocycles. The summed E-state index contributed by atoms with van der Waals surface area (Å²) in [7, 11) is 4.31. The van der Waals surface area contributed by atoms with Gasteiger partial charge in [-0.3, -0.25) is 9.59 Å². The molecule has 33 heavy (non-hydrogen) atoms. The van der Waals surface area contributed by atoms with Gasteiger partial charge in [-0.2, -0.15) is 0 Å². The minimum absolute atomic E-state index is 0.275. The largest absolute Gasteiger partial charge is 0.468 e. The molecule has 0 amide bonds. The number of ether oxygens (including phenoxy) is 6. The van der Waals surface area contributed by atoms with Gasteiger partial charge in [-0.05, 0) is 76.2 Å². The lowest BCUT2D eigenvalue weighted by atomic mass is 9.92. The maximum absolute atomic E-state index is 11.9. The van der Waals surface area contributed by atoms with Crippen molar-refractivity contribution in [3.05, 3.63) is 0 Å². The van der Waals surface area contributed by atoms with E-state index in [1.54, 1.807) is 21.0 Å². The molecule has 0 aliphatic rings. The highest BCUT2D eigenvalue weighted by atomic mass is 16.5. The molecule has 0 saturated carbocycles. The second kappa shape index (κ2) is 13.6. The predicted molar refractivity (Wildman–Crippen MR) is 129 cm³/mol. The maximum Gasteiger partial charge on any atom is 0.316 e. The number of hydrogen-bond donors (Lipinski definition) is 0. The molecule has 0 aromatic rings. The Morgan fingerprint density at radius 2 is 0.727 bits per heavy atom. The highest BCUT2D eigenvalue weighted by Gasteiger charge is 2.38. The number of methoxy groups -OCH3 is 3. The van der Waals surface area contributed by atoms with Gasteiger partial charge in [0.15, 0.2) is 0 Å². The minimum atomic E-state index is -0.782. The van der Waals surface area contributed by atoms with Crippen LogP contribution in [0.1, 0.15) is 76.2 Å². The Labute approximate surface area is 202 Å². The molecule has 198 valence electrons. The molecule has 0 fully saturated rings. The van der Waals surface area contributed by atoms with Crippen LogP contribution in [0.3, 0.4) is 0 Å². The molecule has 0 radical (unpaired) electrons. The average Bonchev–Trinajstić information content (AvgIpc) is 2.67. The summed E-state index contributed by atoms with van der Waals surface area (Å²) in [4.78, 5) is 23.4. The monoisotopic (exact) mass is 478 g/mol. The van der Waals surface area contributed by atoms with Gasteiger partial charge in [0.2, 0.25) is 0 Å². The van der Waals surface area contributed by atoms with E-state index in [1.165, 1.54) is 14.2 Å². The van der Waals surface area contributed by atoms with E-state index in [0.29, 0.717) is 0 Å². The number of hydrogen-bond acceptors (Lipinski definition) is 8. The van der Waals surface area contributed by atoms with Gasteiger partial charge >= 0.3 is 11.9 Å². The van der Waals surface area contributed by atoms with E-state index in [0.717, 1.165) is 0 Å². The van der Waals surface area contributed by atoms with Crippen LogP contribution >= 0.6 is 0 Å². The second-order valence-electron chi connectivity index (χ2n) is 11.7.